The molecular weight excluding hydrogens is 342 g/mol. The van der Waals surface area contributed by atoms with Crippen molar-refractivity contribution in [1.29, 1.82) is 0 Å². The summed E-state index contributed by atoms with van der Waals surface area (Å²) in [4.78, 5) is 10.6. The zero-order chi connectivity index (χ0) is 17.8. The number of benzene rings is 2. The molecule has 1 fully saturated rings. The summed E-state index contributed by atoms with van der Waals surface area (Å²) in [6, 6.07) is 15.7. The number of rotatable bonds is 1. The molecule has 6 heteroatoms. The molecule has 0 bridgehead atoms. The highest BCUT2D eigenvalue weighted by Crippen LogP contribution is 2.26. The van der Waals surface area contributed by atoms with E-state index >= 15 is 0 Å². The smallest absolute Gasteiger partial charge is 0.229 e. The molecule has 1 aliphatic heterocycles. The van der Waals surface area contributed by atoms with Gasteiger partial charge < -0.3 is 16.8 Å². The lowest BCUT2D eigenvalue weighted by molar-refractivity contribution is -0.118. The predicted molar refractivity (Wildman–Crippen MR) is 106 cm³/mol. The van der Waals surface area contributed by atoms with Gasteiger partial charge in [0.05, 0.1) is 16.5 Å². The number of nitrogens with one attached hydrogen (secondary N) is 1. The van der Waals surface area contributed by atoms with Crippen LogP contribution in [-0.4, -0.2) is 31.0 Å². The maximum Gasteiger partial charge on any atom is 0.229 e. The molecule has 0 unspecified atom stereocenters. The Morgan fingerprint density at radius 3 is 2.46 bits per heavy atom. The van der Waals surface area contributed by atoms with E-state index in [4.69, 9.17) is 17.3 Å². The van der Waals surface area contributed by atoms with E-state index in [0.717, 1.165) is 29.8 Å². The Bertz CT molecular complexity index is 613. The van der Waals surface area contributed by atoms with Crippen molar-refractivity contribution in [2.75, 3.05) is 30.8 Å². The first-order chi connectivity index (χ1) is 11.7. The van der Waals surface area contributed by atoms with E-state index < -0.39 is 0 Å². The standard InChI is InChI=1S/C12H10ClN.C5H9NOS.CH5N/c13-11-7-6-10(8-12(11)14)9-4-2-1-3-5-9;7-5-4-8-3-1-2-6-5;1-2/h1-8H,14H2;1-4H2,(H,6,7);2H2,1H3. The Kier molecular flexibility index (Phi) is 10.00. The van der Waals surface area contributed by atoms with Crippen molar-refractivity contribution in [2.45, 2.75) is 6.42 Å². The lowest BCUT2D eigenvalue weighted by Crippen LogP contribution is -2.23. The number of nitrogen functional groups attached to an aromatic ring is 1. The summed E-state index contributed by atoms with van der Waals surface area (Å²) in [6.45, 7) is 0.867. The fourth-order valence-corrected chi connectivity index (χ4v) is 2.87. The molecule has 1 saturated heterocycles. The van der Waals surface area contributed by atoms with Crippen molar-refractivity contribution in [2.24, 2.45) is 5.73 Å². The first-order valence-corrected chi connectivity index (χ1v) is 9.22. The zero-order valence-electron chi connectivity index (χ0n) is 13.8. The Labute approximate surface area is 153 Å². The van der Waals surface area contributed by atoms with Crippen LogP contribution < -0.4 is 16.8 Å². The van der Waals surface area contributed by atoms with Gasteiger partial charge in [0, 0.05) is 6.54 Å². The summed E-state index contributed by atoms with van der Waals surface area (Å²) in [5.41, 5.74) is 13.1. The van der Waals surface area contributed by atoms with Crippen LogP contribution in [0.5, 0.6) is 0 Å². The average molecular weight is 366 g/mol. The van der Waals surface area contributed by atoms with Crippen molar-refractivity contribution < 1.29 is 4.79 Å². The molecule has 0 saturated carbocycles. The van der Waals surface area contributed by atoms with Gasteiger partial charge in [0.2, 0.25) is 5.91 Å². The van der Waals surface area contributed by atoms with Crippen molar-refractivity contribution in [3.8, 4) is 11.1 Å². The molecule has 1 heterocycles. The van der Waals surface area contributed by atoms with Gasteiger partial charge in [0.25, 0.3) is 0 Å². The second-order valence-corrected chi connectivity index (χ2v) is 6.37. The Hall–Kier alpha value is -1.69. The molecule has 5 N–H and O–H groups in total. The number of hydrogen-bond acceptors (Lipinski definition) is 4. The third-order valence-corrected chi connectivity index (χ3v) is 4.51. The molecule has 0 spiro atoms. The Balaban J connectivity index is 0.000000245. The van der Waals surface area contributed by atoms with Crippen LogP contribution >= 0.6 is 23.4 Å². The predicted octanol–water partition coefficient (Wildman–Crippen LogP) is 3.40. The van der Waals surface area contributed by atoms with E-state index in [1.165, 1.54) is 7.05 Å². The van der Waals surface area contributed by atoms with Gasteiger partial charge in [0.15, 0.2) is 0 Å². The van der Waals surface area contributed by atoms with E-state index in [2.05, 4.69) is 11.1 Å². The highest BCUT2D eigenvalue weighted by molar-refractivity contribution is 7.99. The summed E-state index contributed by atoms with van der Waals surface area (Å²) in [5.74, 6) is 1.96. The largest absolute Gasteiger partial charge is 0.398 e. The second kappa shape index (κ2) is 11.8. The van der Waals surface area contributed by atoms with Gasteiger partial charge in [-0.25, -0.2) is 0 Å². The zero-order valence-corrected chi connectivity index (χ0v) is 15.4. The molecule has 3 rings (SSSR count). The topological polar surface area (TPSA) is 81.1 Å². The minimum atomic E-state index is 0.188. The van der Waals surface area contributed by atoms with Crippen LogP contribution in [0.4, 0.5) is 5.69 Å². The molecule has 130 valence electrons. The SMILES string of the molecule is CN.Nc1cc(-c2ccccc2)ccc1Cl.O=C1CSCCCN1. The molecule has 24 heavy (non-hydrogen) atoms. The lowest BCUT2D eigenvalue weighted by Gasteiger charge is -2.03. The molecule has 1 amide bonds. The lowest BCUT2D eigenvalue weighted by atomic mass is 10.1. The molecule has 0 radical (unpaired) electrons. The molecule has 4 nitrogen and oxygen atoms in total. The van der Waals surface area contributed by atoms with Crippen molar-refractivity contribution in [3.05, 3.63) is 53.6 Å². The number of halogens is 1. The summed E-state index contributed by atoms with van der Waals surface area (Å²) in [5, 5.41) is 3.39. The van der Waals surface area contributed by atoms with Crippen LogP contribution in [0.3, 0.4) is 0 Å². The van der Waals surface area contributed by atoms with E-state index in [1.807, 2.05) is 48.5 Å². The summed E-state index contributed by atoms with van der Waals surface area (Å²) >= 11 is 7.55. The van der Waals surface area contributed by atoms with Gasteiger partial charge in [0.1, 0.15) is 0 Å². The summed E-state index contributed by atoms with van der Waals surface area (Å²) in [7, 11) is 1.50. The number of hydrogen-bond donors (Lipinski definition) is 3. The van der Waals surface area contributed by atoms with Crippen molar-refractivity contribution in [1.82, 2.24) is 5.32 Å². The first-order valence-electron chi connectivity index (χ1n) is 7.69. The van der Waals surface area contributed by atoms with Gasteiger partial charge in [-0.3, -0.25) is 4.79 Å². The van der Waals surface area contributed by atoms with E-state index in [0.29, 0.717) is 16.5 Å². The van der Waals surface area contributed by atoms with Gasteiger partial charge >= 0.3 is 0 Å². The molecule has 1 aliphatic rings. The monoisotopic (exact) mass is 365 g/mol. The number of carbonyl (C=O) groups is 1. The first kappa shape index (κ1) is 20.4. The molecule has 2 aromatic rings. The van der Waals surface area contributed by atoms with Gasteiger partial charge in [-0.15, -0.1) is 0 Å². The number of carbonyl (C=O) groups excluding carboxylic acids is 1. The molecule has 0 aliphatic carbocycles. The maximum absolute atomic E-state index is 10.6. The van der Waals surface area contributed by atoms with Crippen LogP contribution in [0.2, 0.25) is 5.02 Å². The minimum absolute atomic E-state index is 0.188. The van der Waals surface area contributed by atoms with Gasteiger partial charge in [-0.05, 0) is 42.5 Å². The minimum Gasteiger partial charge on any atom is -0.398 e. The van der Waals surface area contributed by atoms with Crippen LogP contribution in [-0.2, 0) is 4.79 Å². The maximum atomic E-state index is 10.6. The highest BCUT2D eigenvalue weighted by Gasteiger charge is 2.03. The molecule has 0 aromatic heterocycles. The highest BCUT2D eigenvalue weighted by atomic mass is 35.5. The number of anilines is 1. The van der Waals surface area contributed by atoms with E-state index in [9.17, 15) is 4.79 Å². The van der Waals surface area contributed by atoms with E-state index in [-0.39, 0.29) is 5.91 Å². The molecule has 0 atom stereocenters. The third-order valence-electron chi connectivity index (χ3n) is 3.12. The Morgan fingerprint density at radius 1 is 1.08 bits per heavy atom. The summed E-state index contributed by atoms with van der Waals surface area (Å²) in [6.07, 6.45) is 1.12. The summed E-state index contributed by atoms with van der Waals surface area (Å²) < 4.78 is 0. The van der Waals surface area contributed by atoms with Crippen LogP contribution in [0.1, 0.15) is 6.42 Å². The van der Waals surface area contributed by atoms with Crippen LogP contribution in [0, 0.1) is 0 Å². The van der Waals surface area contributed by atoms with Gasteiger partial charge in [-0.2, -0.15) is 11.8 Å². The van der Waals surface area contributed by atoms with E-state index in [1.54, 1.807) is 11.8 Å². The van der Waals surface area contributed by atoms with Crippen LogP contribution in [0.25, 0.3) is 11.1 Å². The number of nitrogens with two attached hydrogens (primary N) is 2. The van der Waals surface area contributed by atoms with Gasteiger partial charge in [-0.1, -0.05) is 48.0 Å². The molecule has 2 aromatic carbocycles. The second-order valence-electron chi connectivity index (χ2n) is 4.86. The normalized spacial score (nSPS) is 13.4. The Morgan fingerprint density at radius 2 is 1.79 bits per heavy atom. The average Bonchev–Trinajstić information content (AvgIpc) is 2.88. The third kappa shape index (κ3) is 7.25. The fourth-order valence-electron chi connectivity index (χ4n) is 1.97. The fraction of sp³-hybridized carbons (Fsp3) is 0.278. The number of thioether (sulfide) groups is 1. The van der Waals surface area contributed by atoms with Crippen molar-refractivity contribution >= 4 is 35.0 Å². The quantitative estimate of drug-likeness (QED) is 0.676. The molecular formula is C18H24ClN3OS. The van der Waals surface area contributed by atoms with Crippen molar-refractivity contribution in [3.63, 3.8) is 0 Å². The van der Waals surface area contributed by atoms with Crippen LogP contribution in [0.15, 0.2) is 48.5 Å². The number of amides is 1.